The fraction of sp³-hybridized carbons (Fsp3) is 0.457. The highest BCUT2D eigenvalue weighted by atomic mass is 16.6. The van der Waals surface area contributed by atoms with Crippen LogP contribution in [0.25, 0.3) is 0 Å². The first-order chi connectivity index (χ1) is 23.3. The third kappa shape index (κ3) is 5.58. The number of fused-ring (bicyclic) bond motifs is 3. The van der Waals surface area contributed by atoms with Crippen molar-refractivity contribution in [2.75, 3.05) is 51.5 Å². The molecule has 0 aromatic heterocycles. The van der Waals surface area contributed by atoms with Crippen molar-refractivity contribution >= 4 is 34.5 Å². The summed E-state index contributed by atoms with van der Waals surface area (Å²) in [6.45, 7) is 2.52. The summed E-state index contributed by atoms with van der Waals surface area (Å²) in [6.07, 6.45) is 1.88. The lowest BCUT2D eigenvalue weighted by molar-refractivity contribution is -0.150. The predicted octanol–water partition coefficient (Wildman–Crippen LogP) is 2.29. The van der Waals surface area contributed by atoms with Crippen molar-refractivity contribution in [3.63, 3.8) is 0 Å². The Kier molecular flexibility index (Phi) is 9.09. The number of hydrogen-bond donors (Lipinski definition) is 5. The summed E-state index contributed by atoms with van der Waals surface area (Å²) in [6, 6.07) is 11.1. The van der Waals surface area contributed by atoms with Crippen LogP contribution in [0.5, 0.6) is 0 Å². The van der Waals surface area contributed by atoms with Gasteiger partial charge < -0.3 is 31.0 Å². The van der Waals surface area contributed by atoms with Gasteiger partial charge in [-0.2, -0.15) is 5.90 Å². The Bertz CT molecular complexity index is 1760. The zero-order chi connectivity index (χ0) is 35.4. The molecule has 2 aromatic carbocycles. The molecule has 0 saturated carbocycles. The molecule has 1 heterocycles. The second-order valence-electron chi connectivity index (χ2n) is 13.9. The lowest BCUT2D eigenvalue weighted by Crippen LogP contribution is -2.64. The Morgan fingerprint density at radius 2 is 1.82 bits per heavy atom. The number of likely N-dealkylation sites (tertiary alicyclic amines) is 1. The van der Waals surface area contributed by atoms with E-state index < -0.39 is 58.0 Å². The number of ketones is 2. The summed E-state index contributed by atoms with van der Waals surface area (Å²) in [7, 11) is 6.92. The van der Waals surface area contributed by atoms with E-state index in [0.717, 1.165) is 32.5 Å². The van der Waals surface area contributed by atoms with E-state index in [2.05, 4.69) is 27.5 Å². The van der Waals surface area contributed by atoms with Crippen molar-refractivity contribution < 1.29 is 29.4 Å². The van der Waals surface area contributed by atoms with Crippen LogP contribution in [0.2, 0.25) is 0 Å². The molecule has 4 aliphatic rings. The highest BCUT2D eigenvalue weighted by molar-refractivity contribution is 6.25. The number of benzene rings is 2. The maximum absolute atomic E-state index is 14.6. The SMILES string of the molecule is CN(C)c1cc(NC2CCN(Cc3ccccc3)CC2)c(N=O)c2c1C[C@H]1C[C@H]3[C@H](N(C)C)C(O)=C(C(N)=O)C(=O)[C@@]3(O)C(ON)=C1C2=O. The molecule has 49 heavy (non-hydrogen) atoms. The molecule has 0 bridgehead atoms. The number of piperidine rings is 1. The van der Waals surface area contributed by atoms with Gasteiger partial charge in [0.2, 0.25) is 5.78 Å². The molecular weight excluding hydrogens is 630 g/mol. The van der Waals surface area contributed by atoms with E-state index in [9.17, 15) is 29.5 Å². The number of carbonyl (C=O) groups excluding carboxylic acids is 3. The molecule has 6 rings (SSSR count). The Labute approximate surface area is 284 Å². The van der Waals surface area contributed by atoms with Gasteiger partial charge in [-0.15, -0.1) is 4.91 Å². The molecule has 0 spiro atoms. The summed E-state index contributed by atoms with van der Waals surface area (Å²) in [4.78, 5) is 64.4. The summed E-state index contributed by atoms with van der Waals surface area (Å²) >= 11 is 0. The van der Waals surface area contributed by atoms with Crippen molar-refractivity contribution in [1.82, 2.24) is 9.80 Å². The Hall–Kier alpha value is -4.63. The number of anilines is 2. The van der Waals surface area contributed by atoms with Crippen molar-refractivity contribution in [1.29, 1.82) is 0 Å². The number of nitroso groups, excluding NO2 is 1. The number of aliphatic hydroxyl groups excluding tert-OH is 1. The molecule has 14 heteroatoms. The van der Waals surface area contributed by atoms with Gasteiger partial charge in [-0.05, 0) is 68.1 Å². The van der Waals surface area contributed by atoms with Gasteiger partial charge in [0.1, 0.15) is 17.0 Å². The Morgan fingerprint density at radius 3 is 2.39 bits per heavy atom. The van der Waals surface area contributed by atoms with Gasteiger partial charge in [-0.1, -0.05) is 30.3 Å². The molecule has 0 radical (unpaired) electrons. The van der Waals surface area contributed by atoms with E-state index in [0.29, 0.717) is 16.9 Å². The van der Waals surface area contributed by atoms with Crippen LogP contribution in [-0.2, 0) is 27.4 Å². The predicted molar refractivity (Wildman–Crippen MR) is 183 cm³/mol. The van der Waals surface area contributed by atoms with Gasteiger partial charge in [0.15, 0.2) is 17.1 Å². The normalized spacial score (nSPS) is 25.9. The van der Waals surface area contributed by atoms with Crippen LogP contribution in [0.4, 0.5) is 17.1 Å². The topological polar surface area (TPSA) is 204 Å². The first kappa shape index (κ1) is 34.2. The molecule has 1 fully saturated rings. The van der Waals surface area contributed by atoms with E-state index >= 15 is 0 Å². The maximum atomic E-state index is 14.6. The summed E-state index contributed by atoms with van der Waals surface area (Å²) in [5.74, 6) is -0.130. The number of primary amides is 1. The number of aliphatic hydroxyl groups is 2. The van der Waals surface area contributed by atoms with E-state index in [1.54, 1.807) is 19.0 Å². The Morgan fingerprint density at radius 1 is 1.14 bits per heavy atom. The maximum Gasteiger partial charge on any atom is 0.255 e. The standard InChI is InChI=1S/C35H43N7O7/c1-40(2)24-16-23(38-20-10-12-42(13-11-20)17-18-8-6-5-7-9-18)28(39-48)26-21(24)14-19-15-22-29(41(3)4)31(44)27(34(36)46)32(45)35(22,47)33(49-37)25(19)30(26)43/h5-9,16,19-20,22,29,38,44,47H,10-15,17,37H2,1-4H3,(H2,36,46)/t19-,22-,29-,35+/m0/s1. The van der Waals surface area contributed by atoms with Gasteiger partial charge in [0.05, 0.1) is 17.3 Å². The molecule has 1 saturated heterocycles. The molecule has 0 unspecified atom stereocenters. The van der Waals surface area contributed by atoms with Gasteiger partial charge in [-0.25, -0.2) is 0 Å². The molecule has 1 amide bonds. The monoisotopic (exact) mass is 673 g/mol. The van der Waals surface area contributed by atoms with Crippen LogP contribution < -0.4 is 21.8 Å². The van der Waals surface area contributed by atoms with Crippen molar-refractivity contribution in [3.8, 4) is 0 Å². The van der Waals surface area contributed by atoms with Crippen molar-refractivity contribution in [2.24, 2.45) is 28.6 Å². The number of carbonyl (C=O) groups is 3. The van der Waals surface area contributed by atoms with Crippen LogP contribution >= 0.6 is 0 Å². The number of nitrogens with zero attached hydrogens (tertiary/aromatic N) is 4. The van der Waals surface area contributed by atoms with Crippen molar-refractivity contribution in [3.05, 3.63) is 80.7 Å². The third-order valence-corrected chi connectivity index (χ3v) is 10.6. The molecule has 14 nitrogen and oxygen atoms in total. The average Bonchev–Trinajstić information content (AvgIpc) is 3.06. The number of allylic oxidation sites excluding steroid dienone is 1. The lowest BCUT2D eigenvalue weighted by Gasteiger charge is -2.50. The first-order valence-corrected chi connectivity index (χ1v) is 16.4. The fourth-order valence-electron chi connectivity index (χ4n) is 8.33. The minimum atomic E-state index is -2.60. The zero-order valence-corrected chi connectivity index (χ0v) is 28.1. The van der Waals surface area contributed by atoms with Gasteiger partial charge >= 0.3 is 0 Å². The number of hydrogen-bond acceptors (Lipinski definition) is 13. The zero-order valence-electron chi connectivity index (χ0n) is 28.1. The van der Waals surface area contributed by atoms with E-state index in [-0.39, 0.29) is 35.7 Å². The quantitative estimate of drug-likeness (QED) is 0.148. The minimum absolute atomic E-state index is 0.0137. The number of nitrogens with one attached hydrogen (secondary N) is 1. The van der Waals surface area contributed by atoms with E-state index in [1.165, 1.54) is 5.56 Å². The van der Waals surface area contributed by atoms with Crippen LogP contribution in [0.3, 0.4) is 0 Å². The number of rotatable bonds is 9. The summed E-state index contributed by atoms with van der Waals surface area (Å²) in [5, 5.41) is 30.1. The lowest BCUT2D eigenvalue weighted by atomic mass is 9.58. The number of Topliss-reactive ketones (excluding diaryl/α,β-unsaturated/α-hetero) is 2. The number of nitrogens with two attached hydrogens (primary N) is 2. The summed E-state index contributed by atoms with van der Waals surface area (Å²) < 4.78 is 0. The van der Waals surface area contributed by atoms with Gasteiger partial charge in [-0.3, -0.25) is 24.2 Å². The van der Waals surface area contributed by atoms with Crippen molar-refractivity contribution in [2.45, 2.75) is 49.9 Å². The molecule has 260 valence electrons. The molecule has 7 N–H and O–H groups in total. The number of likely N-dealkylation sites (N-methyl/N-ethyl adjacent to an activating group) is 1. The minimum Gasteiger partial charge on any atom is -0.510 e. The molecular formula is C35H43N7O7. The smallest absolute Gasteiger partial charge is 0.255 e. The highest BCUT2D eigenvalue weighted by Crippen LogP contribution is 2.54. The Balaban J connectivity index is 1.40. The molecule has 4 atom stereocenters. The third-order valence-electron chi connectivity index (χ3n) is 10.6. The first-order valence-electron chi connectivity index (χ1n) is 16.4. The van der Waals surface area contributed by atoms with Gasteiger partial charge in [0, 0.05) is 56.9 Å². The van der Waals surface area contributed by atoms with Crippen LogP contribution in [0, 0.1) is 16.7 Å². The van der Waals surface area contributed by atoms with Crippen LogP contribution in [-0.4, -0.2) is 96.5 Å². The fourth-order valence-corrected chi connectivity index (χ4v) is 8.33. The second kappa shape index (κ2) is 13.0. The molecule has 1 aliphatic heterocycles. The average molecular weight is 674 g/mol. The summed E-state index contributed by atoms with van der Waals surface area (Å²) in [5.41, 5.74) is 4.92. The van der Waals surface area contributed by atoms with E-state index in [1.807, 2.05) is 43.3 Å². The van der Waals surface area contributed by atoms with Crippen LogP contribution in [0.15, 0.2) is 64.2 Å². The van der Waals surface area contributed by atoms with Crippen LogP contribution in [0.1, 0.15) is 40.7 Å². The second-order valence-corrected chi connectivity index (χ2v) is 13.9. The largest absolute Gasteiger partial charge is 0.510 e. The van der Waals surface area contributed by atoms with E-state index in [4.69, 9.17) is 16.5 Å². The molecule has 3 aliphatic carbocycles. The van der Waals surface area contributed by atoms with Gasteiger partial charge in [0.25, 0.3) is 5.91 Å². The highest BCUT2D eigenvalue weighted by Gasteiger charge is 2.64. The number of amides is 1. The molecule has 2 aromatic rings.